The van der Waals surface area contributed by atoms with E-state index in [-0.39, 0.29) is 49.5 Å². The van der Waals surface area contributed by atoms with E-state index in [9.17, 15) is 14.4 Å². The maximum Gasteiger partial charge on any atom is 0.244 e. The Morgan fingerprint density at radius 1 is 1.12 bits per heavy atom. The molecule has 1 saturated heterocycles. The molecular formula is C17H22ClN3O3. The minimum Gasteiger partial charge on any atom is -0.324 e. The topological polar surface area (TPSA) is 92.5 Å². The smallest absolute Gasteiger partial charge is 0.244 e. The van der Waals surface area contributed by atoms with Gasteiger partial charge >= 0.3 is 0 Å². The van der Waals surface area contributed by atoms with Crippen LogP contribution in [0.15, 0.2) is 24.3 Å². The summed E-state index contributed by atoms with van der Waals surface area (Å²) in [7, 11) is 0. The zero-order valence-corrected chi connectivity index (χ0v) is 14.2. The van der Waals surface area contributed by atoms with Crippen LogP contribution in [0.2, 0.25) is 0 Å². The molecule has 24 heavy (non-hydrogen) atoms. The minimum atomic E-state index is -0.813. The Labute approximate surface area is 147 Å². The number of benzene rings is 1. The van der Waals surface area contributed by atoms with E-state index in [0.717, 1.165) is 18.4 Å². The number of rotatable bonds is 4. The van der Waals surface area contributed by atoms with Gasteiger partial charge in [-0.25, -0.2) is 0 Å². The second kappa shape index (κ2) is 7.32. The monoisotopic (exact) mass is 351 g/mol. The van der Waals surface area contributed by atoms with Crippen LogP contribution in [-0.4, -0.2) is 28.2 Å². The zero-order chi connectivity index (χ0) is 16.4. The Hall–Kier alpha value is -1.92. The molecule has 0 spiro atoms. The maximum absolute atomic E-state index is 12.5. The Morgan fingerprint density at radius 3 is 2.33 bits per heavy atom. The third-order valence-electron chi connectivity index (χ3n) is 4.70. The molecule has 2 fully saturated rings. The molecule has 3 rings (SSSR count). The number of hydrogen-bond acceptors (Lipinski definition) is 4. The molecule has 0 radical (unpaired) electrons. The molecule has 1 heterocycles. The summed E-state index contributed by atoms with van der Waals surface area (Å²) in [6, 6.07) is 7.22. The first-order valence-corrected chi connectivity index (χ1v) is 8.01. The lowest BCUT2D eigenvalue weighted by atomic mass is 9.97. The number of carbonyl (C=O) groups is 3. The first kappa shape index (κ1) is 18.4. The van der Waals surface area contributed by atoms with Crippen LogP contribution in [0.25, 0.3) is 0 Å². The van der Waals surface area contributed by atoms with Crippen LogP contribution < -0.4 is 11.1 Å². The number of nitrogens with zero attached hydrogens (tertiary/aromatic N) is 1. The van der Waals surface area contributed by atoms with Gasteiger partial charge in [0, 0.05) is 18.5 Å². The standard InChI is InChI=1S/C17H21N3O3.ClH/c18-17(9-3-4-10-17)16(23)19-13-6-2-1-5-12(13)11-20-14(21)7-8-15(20)22;/h1-2,5-6H,3-4,7-11,18H2,(H,19,23);1H. The molecular weight excluding hydrogens is 330 g/mol. The quantitative estimate of drug-likeness (QED) is 0.811. The largest absolute Gasteiger partial charge is 0.324 e. The first-order valence-electron chi connectivity index (χ1n) is 8.01. The number of para-hydroxylation sites is 1. The molecule has 7 heteroatoms. The van der Waals surface area contributed by atoms with Crippen LogP contribution in [0.4, 0.5) is 5.69 Å². The fourth-order valence-electron chi connectivity index (χ4n) is 3.23. The molecule has 0 bridgehead atoms. The van der Waals surface area contributed by atoms with Gasteiger partial charge in [-0.1, -0.05) is 31.0 Å². The SMILES string of the molecule is Cl.NC1(C(=O)Nc2ccccc2CN2C(=O)CCC2=O)CCCC1. The molecule has 1 aliphatic heterocycles. The second-order valence-corrected chi connectivity index (χ2v) is 6.35. The molecule has 2 aliphatic rings. The summed E-state index contributed by atoms with van der Waals surface area (Å²) in [6.07, 6.45) is 3.82. The van der Waals surface area contributed by atoms with Gasteiger partial charge in [0.05, 0.1) is 12.1 Å². The van der Waals surface area contributed by atoms with Crippen molar-refractivity contribution < 1.29 is 14.4 Å². The molecule has 1 aromatic rings. The number of hydrogen-bond donors (Lipinski definition) is 2. The predicted molar refractivity (Wildman–Crippen MR) is 92.5 cm³/mol. The van der Waals surface area contributed by atoms with Crippen LogP contribution >= 0.6 is 12.4 Å². The normalized spacial score (nSPS) is 19.3. The highest BCUT2D eigenvalue weighted by atomic mass is 35.5. The highest BCUT2D eigenvalue weighted by Gasteiger charge is 2.37. The molecule has 0 aromatic heterocycles. The van der Waals surface area contributed by atoms with Gasteiger partial charge in [-0.15, -0.1) is 12.4 Å². The van der Waals surface area contributed by atoms with Crippen molar-refractivity contribution in [3.63, 3.8) is 0 Å². The van der Waals surface area contributed by atoms with E-state index >= 15 is 0 Å². The Morgan fingerprint density at radius 2 is 1.71 bits per heavy atom. The summed E-state index contributed by atoms with van der Waals surface area (Å²) in [4.78, 5) is 37.3. The van der Waals surface area contributed by atoms with Gasteiger partial charge < -0.3 is 11.1 Å². The summed E-state index contributed by atoms with van der Waals surface area (Å²) in [5, 5.41) is 2.88. The Balaban J connectivity index is 0.00000208. The van der Waals surface area contributed by atoms with Gasteiger partial charge in [-0.3, -0.25) is 19.3 Å². The van der Waals surface area contributed by atoms with Crippen molar-refractivity contribution in [3.8, 4) is 0 Å². The number of imide groups is 1. The van der Waals surface area contributed by atoms with E-state index in [4.69, 9.17) is 5.73 Å². The number of carbonyl (C=O) groups excluding carboxylic acids is 3. The van der Waals surface area contributed by atoms with Gasteiger partial charge in [0.25, 0.3) is 0 Å². The van der Waals surface area contributed by atoms with Gasteiger partial charge in [-0.05, 0) is 24.5 Å². The highest BCUT2D eigenvalue weighted by Crippen LogP contribution is 2.29. The molecule has 3 N–H and O–H groups in total. The average molecular weight is 352 g/mol. The van der Waals surface area contributed by atoms with Crippen molar-refractivity contribution in [1.29, 1.82) is 0 Å². The van der Waals surface area contributed by atoms with Gasteiger partial charge in [-0.2, -0.15) is 0 Å². The van der Waals surface area contributed by atoms with E-state index in [2.05, 4.69) is 5.32 Å². The van der Waals surface area contributed by atoms with Gasteiger partial charge in [0.1, 0.15) is 0 Å². The third kappa shape index (κ3) is 3.60. The van der Waals surface area contributed by atoms with Crippen molar-refractivity contribution in [2.45, 2.75) is 50.6 Å². The molecule has 1 aliphatic carbocycles. The van der Waals surface area contributed by atoms with E-state index in [1.165, 1.54) is 4.90 Å². The summed E-state index contributed by atoms with van der Waals surface area (Å²) in [6.45, 7) is 0.186. The summed E-state index contributed by atoms with van der Waals surface area (Å²) < 4.78 is 0. The molecule has 1 saturated carbocycles. The van der Waals surface area contributed by atoms with Crippen LogP contribution in [0.1, 0.15) is 44.1 Å². The fraction of sp³-hybridized carbons (Fsp3) is 0.471. The van der Waals surface area contributed by atoms with E-state index in [0.29, 0.717) is 18.5 Å². The first-order chi connectivity index (χ1) is 11.0. The van der Waals surface area contributed by atoms with Crippen LogP contribution in [0.3, 0.4) is 0 Å². The molecule has 0 unspecified atom stereocenters. The predicted octanol–water partition coefficient (Wildman–Crippen LogP) is 1.97. The van der Waals surface area contributed by atoms with Crippen molar-refractivity contribution in [1.82, 2.24) is 4.90 Å². The van der Waals surface area contributed by atoms with Gasteiger partial charge in [0.2, 0.25) is 17.7 Å². The number of nitrogens with two attached hydrogens (primary N) is 1. The van der Waals surface area contributed by atoms with Crippen LogP contribution in [0, 0.1) is 0 Å². The van der Waals surface area contributed by atoms with Crippen molar-refractivity contribution in [3.05, 3.63) is 29.8 Å². The minimum absolute atomic E-state index is 0. The average Bonchev–Trinajstić information content (AvgIpc) is 3.11. The van der Waals surface area contributed by atoms with Crippen molar-refractivity contribution in [2.24, 2.45) is 5.73 Å². The second-order valence-electron chi connectivity index (χ2n) is 6.35. The van der Waals surface area contributed by atoms with E-state index in [1.807, 2.05) is 18.2 Å². The summed E-state index contributed by atoms with van der Waals surface area (Å²) in [5.41, 5.74) is 6.72. The number of halogens is 1. The lowest BCUT2D eigenvalue weighted by molar-refractivity contribution is -0.139. The summed E-state index contributed by atoms with van der Waals surface area (Å²) >= 11 is 0. The zero-order valence-electron chi connectivity index (χ0n) is 13.4. The molecule has 0 atom stereocenters. The highest BCUT2D eigenvalue weighted by molar-refractivity contribution is 6.02. The van der Waals surface area contributed by atoms with E-state index in [1.54, 1.807) is 6.07 Å². The maximum atomic E-state index is 12.5. The van der Waals surface area contributed by atoms with E-state index < -0.39 is 5.54 Å². The van der Waals surface area contributed by atoms with Crippen LogP contribution in [0.5, 0.6) is 0 Å². The van der Waals surface area contributed by atoms with Crippen LogP contribution in [-0.2, 0) is 20.9 Å². The lowest BCUT2D eigenvalue weighted by Crippen LogP contribution is -2.48. The summed E-state index contributed by atoms with van der Waals surface area (Å²) in [5.74, 6) is -0.522. The molecule has 130 valence electrons. The number of anilines is 1. The lowest BCUT2D eigenvalue weighted by Gasteiger charge is -2.24. The number of likely N-dealkylation sites (tertiary alicyclic amines) is 1. The van der Waals surface area contributed by atoms with Crippen molar-refractivity contribution in [2.75, 3.05) is 5.32 Å². The number of nitrogens with one attached hydrogen (secondary N) is 1. The Bertz CT molecular complexity index is 640. The molecule has 3 amide bonds. The van der Waals surface area contributed by atoms with Crippen molar-refractivity contribution >= 4 is 35.8 Å². The fourth-order valence-corrected chi connectivity index (χ4v) is 3.23. The third-order valence-corrected chi connectivity index (χ3v) is 4.70. The molecule has 1 aromatic carbocycles. The Kier molecular flexibility index (Phi) is 5.62. The number of amides is 3. The molecule has 6 nitrogen and oxygen atoms in total. The van der Waals surface area contributed by atoms with Gasteiger partial charge in [0.15, 0.2) is 0 Å².